The summed E-state index contributed by atoms with van der Waals surface area (Å²) >= 11 is 0. The molecule has 2 atom stereocenters. The molecule has 2 aromatic heterocycles. The fraction of sp³-hybridized carbons (Fsp3) is 0.579. The molecule has 7 heteroatoms. The molecule has 26 heavy (non-hydrogen) atoms. The Labute approximate surface area is 153 Å². The monoisotopic (exact) mass is 355 g/mol. The lowest BCUT2D eigenvalue weighted by atomic mass is 9.91. The van der Waals surface area contributed by atoms with Gasteiger partial charge in [-0.1, -0.05) is 0 Å². The maximum atomic E-state index is 12.9. The van der Waals surface area contributed by atoms with Crippen molar-refractivity contribution in [2.24, 2.45) is 11.8 Å². The Morgan fingerprint density at radius 3 is 2.96 bits per heavy atom. The minimum atomic E-state index is 0.168. The Hall–Kier alpha value is -2.28. The molecule has 1 N–H and O–H groups in total. The fourth-order valence-electron chi connectivity index (χ4n) is 3.94. The van der Waals surface area contributed by atoms with Gasteiger partial charge < -0.3 is 9.64 Å². The van der Waals surface area contributed by atoms with Crippen LogP contribution in [0.4, 0.5) is 0 Å². The van der Waals surface area contributed by atoms with E-state index in [1.165, 1.54) is 12.8 Å². The number of nitrogens with zero attached hydrogens (tertiary/aromatic N) is 4. The van der Waals surface area contributed by atoms with Gasteiger partial charge in [-0.3, -0.25) is 14.9 Å². The molecule has 0 aromatic carbocycles. The molecule has 2 fully saturated rings. The standard InChI is InChI=1S/C19H25N5O2/c1-12-5-6-20-8-14(12)7-18(25)24-9-15(13-3-4-13)16(10-24)19-21-17(11-26-2)22-23-19/h5-6,8,13,15-16H,3-4,7,9-11H2,1-2H3,(H,21,22,23)/t15-,16+/m1/s1. The summed E-state index contributed by atoms with van der Waals surface area (Å²) in [5.41, 5.74) is 2.12. The molecule has 0 bridgehead atoms. The molecular formula is C19H25N5O2. The largest absolute Gasteiger partial charge is 0.377 e. The molecule has 0 spiro atoms. The van der Waals surface area contributed by atoms with Crippen molar-refractivity contribution in [2.75, 3.05) is 20.2 Å². The topological polar surface area (TPSA) is 84.0 Å². The van der Waals surface area contributed by atoms with Crippen LogP contribution in [-0.2, 0) is 22.6 Å². The summed E-state index contributed by atoms with van der Waals surface area (Å²) in [6.45, 7) is 3.96. The van der Waals surface area contributed by atoms with E-state index in [0.29, 0.717) is 31.4 Å². The number of pyridine rings is 1. The molecule has 0 radical (unpaired) electrons. The minimum Gasteiger partial charge on any atom is -0.377 e. The predicted molar refractivity (Wildman–Crippen MR) is 95.3 cm³/mol. The highest BCUT2D eigenvalue weighted by atomic mass is 16.5. The molecule has 138 valence electrons. The van der Waals surface area contributed by atoms with Crippen LogP contribution in [0.5, 0.6) is 0 Å². The zero-order chi connectivity index (χ0) is 18.1. The molecule has 1 saturated heterocycles. The number of nitrogens with one attached hydrogen (secondary N) is 1. The van der Waals surface area contributed by atoms with Crippen LogP contribution in [0.3, 0.4) is 0 Å². The molecule has 7 nitrogen and oxygen atoms in total. The van der Waals surface area contributed by atoms with E-state index in [4.69, 9.17) is 4.74 Å². The molecule has 4 rings (SSSR count). The number of methoxy groups -OCH3 is 1. The maximum Gasteiger partial charge on any atom is 0.227 e. The predicted octanol–water partition coefficient (Wildman–Crippen LogP) is 1.85. The highest BCUT2D eigenvalue weighted by molar-refractivity contribution is 5.79. The van der Waals surface area contributed by atoms with Gasteiger partial charge in [-0.2, -0.15) is 5.10 Å². The average Bonchev–Trinajstić information content (AvgIpc) is 3.20. The van der Waals surface area contributed by atoms with Gasteiger partial charge in [0.15, 0.2) is 11.6 Å². The van der Waals surface area contributed by atoms with E-state index >= 15 is 0 Å². The minimum absolute atomic E-state index is 0.168. The van der Waals surface area contributed by atoms with Crippen molar-refractivity contribution in [3.8, 4) is 0 Å². The summed E-state index contributed by atoms with van der Waals surface area (Å²) in [7, 11) is 1.64. The summed E-state index contributed by atoms with van der Waals surface area (Å²) < 4.78 is 5.12. The molecule has 2 aliphatic rings. The van der Waals surface area contributed by atoms with Crippen LogP contribution in [0.2, 0.25) is 0 Å². The van der Waals surface area contributed by atoms with E-state index in [9.17, 15) is 4.79 Å². The van der Waals surface area contributed by atoms with E-state index in [2.05, 4.69) is 20.2 Å². The second-order valence-electron chi connectivity index (χ2n) is 7.46. The fourth-order valence-corrected chi connectivity index (χ4v) is 3.94. The lowest BCUT2D eigenvalue weighted by molar-refractivity contribution is -0.129. The molecule has 0 unspecified atom stereocenters. The summed E-state index contributed by atoms with van der Waals surface area (Å²) in [4.78, 5) is 23.6. The molecule has 1 aliphatic heterocycles. The van der Waals surface area contributed by atoms with Gasteiger partial charge in [0.2, 0.25) is 5.91 Å². The smallest absolute Gasteiger partial charge is 0.227 e. The highest BCUT2D eigenvalue weighted by Crippen LogP contribution is 2.47. The first-order valence-corrected chi connectivity index (χ1v) is 9.23. The summed E-state index contributed by atoms with van der Waals surface area (Å²) in [6.07, 6.45) is 6.47. The summed E-state index contributed by atoms with van der Waals surface area (Å²) in [6, 6.07) is 1.95. The molecule has 3 heterocycles. The number of amides is 1. The van der Waals surface area contributed by atoms with Crippen molar-refractivity contribution in [2.45, 2.75) is 38.7 Å². The lowest BCUT2D eigenvalue weighted by Gasteiger charge is -2.17. The van der Waals surface area contributed by atoms with Gasteiger partial charge in [-0.25, -0.2) is 4.98 Å². The molecule has 1 saturated carbocycles. The molecule has 2 aromatic rings. The van der Waals surface area contributed by atoms with Crippen molar-refractivity contribution in [3.05, 3.63) is 41.2 Å². The van der Waals surface area contributed by atoms with Crippen molar-refractivity contribution < 1.29 is 9.53 Å². The van der Waals surface area contributed by atoms with E-state index in [1.807, 2.05) is 17.9 Å². The van der Waals surface area contributed by atoms with Gasteiger partial charge in [-0.15, -0.1) is 0 Å². The Bertz CT molecular complexity index is 786. The second kappa shape index (κ2) is 7.15. The van der Waals surface area contributed by atoms with Crippen LogP contribution in [0, 0.1) is 18.8 Å². The van der Waals surface area contributed by atoms with Crippen LogP contribution in [-0.4, -0.2) is 51.2 Å². The number of carbonyl (C=O) groups is 1. The van der Waals surface area contributed by atoms with Crippen LogP contribution in [0.25, 0.3) is 0 Å². The summed E-state index contributed by atoms with van der Waals surface area (Å²) in [5.74, 6) is 3.10. The van der Waals surface area contributed by atoms with Crippen LogP contribution in [0.15, 0.2) is 18.5 Å². The first-order valence-electron chi connectivity index (χ1n) is 9.23. The van der Waals surface area contributed by atoms with Gasteiger partial charge in [0, 0.05) is 38.5 Å². The second-order valence-corrected chi connectivity index (χ2v) is 7.46. The zero-order valence-electron chi connectivity index (χ0n) is 15.3. The van der Waals surface area contributed by atoms with Gasteiger partial charge in [-0.05, 0) is 48.8 Å². The number of rotatable bonds is 6. The highest BCUT2D eigenvalue weighted by Gasteiger charge is 2.45. The average molecular weight is 355 g/mol. The number of hydrogen-bond donors (Lipinski definition) is 1. The van der Waals surface area contributed by atoms with Gasteiger partial charge in [0.25, 0.3) is 0 Å². The van der Waals surface area contributed by atoms with Crippen LogP contribution >= 0.6 is 0 Å². The van der Waals surface area contributed by atoms with Crippen LogP contribution in [0.1, 0.15) is 41.5 Å². The van der Waals surface area contributed by atoms with E-state index < -0.39 is 0 Å². The number of ether oxygens (including phenoxy) is 1. The number of hydrogen-bond acceptors (Lipinski definition) is 5. The SMILES string of the molecule is COCc1nc([C@H]2CN(C(=O)Cc3cnccc3C)C[C@@H]2C2CC2)n[nH]1. The zero-order valence-corrected chi connectivity index (χ0v) is 15.3. The van der Waals surface area contributed by atoms with Crippen LogP contribution < -0.4 is 0 Å². The van der Waals surface area contributed by atoms with Crippen molar-refractivity contribution in [1.82, 2.24) is 25.1 Å². The first-order chi connectivity index (χ1) is 12.7. The number of aryl methyl sites for hydroxylation is 1. The van der Waals surface area contributed by atoms with Gasteiger partial charge in [0.1, 0.15) is 6.61 Å². The summed E-state index contributed by atoms with van der Waals surface area (Å²) in [5, 5.41) is 7.36. The molecule has 1 amide bonds. The number of aromatic amines is 1. The number of likely N-dealkylation sites (tertiary alicyclic amines) is 1. The van der Waals surface area contributed by atoms with Crippen molar-refractivity contribution in [1.29, 1.82) is 0 Å². The van der Waals surface area contributed by atoms with Gasteiger partial charge >= 0.3 is 0 Å². The Morgan fingerprint density at radius 1 is 1.38 bits per heavy atom. The third kappa shape index (κ3) is 3.49. The van der Waals surface area contributed by atoms with Crippen molar-refractivity contribution in [3.63, 3.8) is 0 Å². The van der Waals surface area contributed by atoms with E-state index in [1.54, 1.807) is 19.5 Å². The maximum absolute atomic E-state index is 12.9. The third-order valence-corrected chi connectivity index (χ3v) is 5.60. The Morgan fingerprint density at radius 2 is 2.23 bits per heavy atom. The van der Waals surface area contributed by atoms with E-state index in [0.717, 1.165) is 29.3 Å². The van der Waals surface area contributed by atoms with Crippen molar-refractivity contribution >= 4 is 5.91 Å². The van der Waals surface area contributed by atoms with Gasteiger partial charge in [0.05, 0.1) is 6.42 Å². The lowest BCUT2D eigenvalue weighted by Crippen LogP contribution is -2.30. The Balaban J connectivity index is 1.48. The number of aromatic nitrogens is 4. The third-order valence-electron chi connectivity index (χ3n) is 5.60. The number of H-pyrrole nitrogens is 1. The number of carbonyl (C=O) groups excluding carboxylic acids is 1. The first kappa shape index (κ1) is 17.1. The normalized spacial score (nSPS) is 22.8. The Kier molecular flexibility index (Phi) is 4.72. The van der Waals surface area contributed by atoms with E-state index in [-0.39, 0.29) is 11.8 Å². The molecular weight excluding hydrogens is 330 g/mol. The quantitative estimate of drug-likeness (QED) is 0.855. The molecule has 1 aliphatic carbocycles.